The first-order chi connectivity index (χ1) is 8.93. The van der Waals surface area contributed by atoms with Crippen LogP contribution in [0.4, 0.5) is 5.69 Å². The number of aromatic nitrogens is 2. The molecule has 0 aromatic carbocycles. The Balaban J connectivity index is 2.41. The van der Waals surface area contributed by atoms with Gasteiger partial charge in [0.2, 0.25) is 0 Å². The van der Waals surface area contributed by atoms with E-state index in [0.29, 0.717) is 0 Å². The van der Waals surface area contributed by atoms with E-state index >= 15 is 0 Å². The molecule has 0 amide bonds. The molecule has 10 nitrogen and oxygen atoms in total. The van der Waals surface area contributed by atoms with E-state index in [4.69, 9.17) is 9.84 Å². The molecule has 10 heteroatoms. The van der Waals surface area contributed by atoms with E-state index in [9.17, 15) is 24.8 Å². The van der Waals surface area contributed by atoms with Gasteiger partial charge in [0.25, 0.3) is 0 Å². The summed E-state index contributed by atoms with van der Waals surface area (Å²) >= 11 is 0. The van der Waals surface area contributed by atoms with Crippen LogP contribution in [0.3, 0.4) is 0 Å². The zero-order valence-corrected chi connectivity index (χ0v) is 9.55. The third kappa shape index (κ3) is 2.41. The summed E-state index contributed by atoms with van der Waals surface area (Å²) in [4.78, 5) is 34.3. The van der Waals surface area contributed by atoms with E-state index in [1.165, 1.54) is 0 Å². The zero-order chi connectivity index (χ0) is 14.2. The van der Waals surface area contributed by atoms with E-state index in [-0.39, 0.29) is 6.42 Å². The maximum atomic E-state index is 11.6. The Bertz CT molecular complexity index is 607. The number of H-pyrrole nitrogens is 1. The lowest BCUT2D eigenvalue weighted by molar-refractivity contribution is -0.387. The SMILES string of the molecule is O=c1[nH]c(=O)n([C@H]2C[C@@H](O)[C@H](CO)O2)cc1[N+](=O)[O-]. The molecule has 3 N–H and O–H groups in total. The summed E-state index contributed by atoms with van der Waals surface area (Å²) in [6.07, 6.45) is -2.10. The fourth-order valence-corrected chi connectivity index (χ4v) is 1.87. The summed E-state index contributed by atoms with van der Waals surface area (Å²) in [6.45, 7) is -0.447. The number of ether oxygens (including phenoxy) is 1. The molecule has 1 aliphatic heterocycles. The maximum Gasteiger partial charge on any atom is 0.350 e. The number of aliphatic hydroxyl groups excluding tert-OH is 2. The van der Waals surface area contributed by atoms with Crippen molar-refractivity contribution in [1.29, 1.82) is 0 Å². The van der Waals surface area contributed by atoms with Crippen LogP contribution < -0.4 is 11.2 Å². The zero-order valence-electron chi connectivity index (χ0n) is 9.55. The molecule has 1 saturated heterocycles. The summed E-state index contributed by atoms with van der Waals surface area (Å²) in [7, 11) is 0. The molecule has 0 bridgehead atoms. The quantitative estimate of drug-likeness (QED) is 0.429. The molecule has 0 spiro atoms. The Labute approximate surface area is 105 Å². The molecule has 0 unspecified atom stereocenters. The lowest BCUT2D eigenvalue weighted by Crippen LogP contribution is -2.33. The molecular formula is C9H11N3O7. The monoisotopic (exact) mass is 273 g/mol. The summed E-state index contributed by atoms with van der Waals surface area (Å²) < 4.78 is 6.00. The highest BCUT2D eigenvalue weighted by Gasteiger charge is 2.35. The van der Waals surface area contributed by atoms with Gasteiger partial charge in [-0.1, -0.05) is 0 Å². The second-order valence-corrected chi connectivity index (χ2v) is 4.05. The van der Waals surface area contributed by atoms with Gasteiger partial charge in [-0.3, -0.25) is 24.5 Å². The topological polar surface area (TPSA) is 148 Å². The van der Waals surface area contributed by atoms with Gasteiger partial charge in [-0.05, 0) is 0 Å². The van der Waals surface area contributed by atoms with Crippen molar-refractivity contribution in [2.75, 3.05) is 6.61 Å². The van der Waals surface area contributed by atoms with Crippen molar-refractivity contribution in [1.82, 2.24) is 9.55 Å². The minimum Gasteiger partial charge on any atom is -0.394 e. The second-order valence-electron chi connectivity index (χ2n) is 4.05. The van der Waals surface area contributed by atoms with Crippen molar-refractivity contribution < 1.29 is 19.9 Å². The molecule has 0 saturated carbocycles. The highest BCUT2D eigenvalue weighted by atomic mass is 16.6. The van der Waals surface area contributed by atoms with Gasteiger partial charge in [-0.25, -0.2) is 4.79 Å². The third-order valence-corrected chi connectivity index (χ3v) is 2.84. The first kappa shape index (κ1) is 13.4. The second kappa shape index (κ2) is 4.91. The third-order valence-electron chi connectivity index (χ3n) is 2.84. The van der Waals surface area contributed by atoms with Crippen LogP contribution >= 0.6 is 0 Å². The predicted molar refractivity (Wildman–Crippen MR) is 59.6 cm³/mol. The standard InChI is InChI=1S/C9H11N3O7/c13-3-6-5(14)1-7(19-6)11-2-4(12(17)18)8(15)10-9(11)16/h2,5-7,13-14H,1,3H2,(H,10,15,16)/t5-,6+,7-/m1/s1. The Morgan fingerprint density at radius 1 is 1.58 bits per heavy atom. The van der Waals surface area contributed by atoms with Crippen molar-refractivity contribution in [3.05, 3.63) is 37.1 Å². The minimum absolute atomic E-state index is 0.0195. The van der Waals surface area contributed by atoms with E-state index < -0.39 is 46.9 Å². The van der Waals surface area contributed by atoms with Gasteiger partial charge in [0.15, 0.2) is 0 Å². The Kier molecular flexibility index (Phi) is 3.46. The van der Waals surface area contributed by atoms with Crippen molar-refractivity contribution in [3.8, 4) is 0 Å². The van der Waals surface area contributed by atoms with Crippen LogP contribution in [-0.2, 0) is 4.74 Å². The molecule has 1 aromatic heterocycles. The maximum absolute atomic E-state index is 11.6. The lowest BCUT2D eigenvalue weighted by Gasteiger charge is -2.13. The summed E-state index contributed by atoms with van der Waals surface area (Å²) in [6, 6.07) is 0. The van der Waals surface area contributed by atoms with Crippen LogP contribution in [0.25, 0.3) is 0 Å². The summed E-state index contributed by atoms with van der Waals surface area (Å²) in [5.41, 5.74) is -2.79. The van der Waals surface area contributed by atoms with Crippen molar-refractivity contribution in [3.63, 3.8) is 0 Å². The molecule has 0 aliphatic carbocycles. The molecule has 2 rings (SSSR count). The van der Waals surface area contributed by atoms with Crippen LogP contribution in [0, 0.1) is 10.1 Å². The average molecular weight is 273 g/mol. The average Bonchev–Trinajstić information content (AvgIpc) is 2.69. The number of hydrogen-bond acceptors (Lipinski definition) is 7. The first-order valence-corrected chi connectivity index (χ1v) is 5.38. The molecule has 19 heavy (non-hydrogen) atoms. The molecule has 3 atom stereocenters. The smallest absolute Gasteiger partial charge is 0.350 e. The van der Waals surface area contributed by atoms with E-state index in [1.54, 1.807) is 4.98 Å². The first-order valence-electron chi connectivity index (χ1n) is 5.38. The minimum atomic E-state index is -1.11. The summed E-state index contributed by atoms with van der Waals surface area (Å²) in [5, 5.41) is 29.1. The highest BCUT2D eigenvalue weighted by molar-refractivity contribution is 5.21. The Morgan fingerprint density at radius 2 is 2.26 bits per heavy atom. The fraction of sp³-hybridized carbons (Fsp3) is 0.556. The Morgan fingerprint density at radius 3 is 2.79 bits per heavy atom. The molecule has 1 fully saturated rings. The summed E-state index contributed by atoms with van der Waals surface area (Å²) in [5.74, 6) is 0. The molecule has 0 radical (unpaired) electrons. The highest BCUT2D eigenvalue weighted by Crippen LogP contribution is 2.27. The van der Waals surface area contributed by atoms with Gasteiger partial charge in [0, 0.05) is 6.42 Å². The van der Waals surface area contributed by atoms with E-state index in [1.807, 2.05) is 0 Å². The Hall–Kier alpha value is -2.04. The predicted octanol–water partition coefficient (Wildman–Crippen LogP) is -1.91. The van der Waals surface area contributed by atoms with Crippen LogP contribution in [0.2, 0.25) is 0 Å². The number of aliphatic hydroxyl groups is 2. The van der Waals surface area contributed by atoms with Gasteiger partial charge < -0.3 is 14.9 Å². The van der Waals surface area contributed by atoms with E-state index in [0.717, 1.165) is 10.8 Å². The number of hydrogen-bond donors (Lipinski definition) is 3. The molecule has 1 aromatic rings. The van der Waals surface area contributed by atoms with Gasteiger partial charge in [0.1, 0.15) is 12.3 Å². The van der Waals surface area contributed by atoms with Crippen molar-refractivity contribution >= 4 is 5.69 Å². The van der Waals surface area contributed by atoms with Gasteiger partial charge in [-0.2, -0.15) is 0 Å². The van der Waals surface area contributed by atoms with Crippen LogP contribution in [0.15, 0.2) is 15.8 Å². The van der Waals surface area contributed by atoms with Crippen LogP contribution in [0.5, 0.6) is 0 Å². The van der Waals surface area contributed by atoms with E-state index in [2.05, 4.69) is 0 Å². The van der Waals surface area contributed by atoms with Crippen LogP contribution in [-0.4, -0.2) is 43.5 Å². The van der Waals surface area contributed by atoms with Crippen molar-refractivity contribution in [2.24, 2.45) is 0 Å². The number of nitrogens with zero attached hydrogens (tertiary/aromatic N) is 2. The van der Waals surface area contributed by atoms with Gasteiger partial charge in [-0.15, -0.1) is 0 Å². The number of nitro groups is 1. The largest absolute Gasteiger partial charge is 0.394 e. The molecule has 1 aliphatic rings. The van der Waals surface area contributed by atoms with Crippen molar-refractivity contribution in [2.45, 2.75) is 24.9 Å². The van der Waals surface area contributed by atoms with Crippen LogP contribution in [0.1, 0.15) is 12.6 Å². The van der Waals surface area contributed by atoms with Gasteiger partial charge in [0.05, 0.1) is 23.8 Å². The molecule has 104 valence electrons. The molecular weight excluding hydrogens is 262 g/mol. The number of aromatic amines is 1. The number of rotatable bonds is 3. The lowest BCUT2D eigenvalue weighted by atomic mass is 10.2. The number of nitrogens with one attached hydrogen (secondary N) is 1. The van der Waals surface area contributed by atoms with Gasteiger partial charge >= 0.3 is 16.9 Å². The fourth-order valence-electron chi connectivity index (χ4n) is 1.87. The normalized spacial score (nSPS) is 26.5. The molecule has 2 heterocycles.